The molecule has 0 bridgehead atoms. The van der Waals surface area contributed by atoms with Crippen LogP contribution in [0.3, 0.4) is 0 Å². The number of thioether (sulfide) groups is 1. The van der Waals surface area contributed by atoms with Crippen LogP contribution in [0.4, 0.5) is 0 Å². The van der Waals surface area contributed by atoms with Crippen molar-refractivity contribution in [2.45, 2.75) is 0 Å². The zero-order valence-corrected chi connectivity index (χ0v) is 6.70. The van der Waals surface area contributed by atoms with Gasteiger partial charge in [0.05, 0.1) is 0 Å². The van der Waals surface area contributed by atoms with Crippen molar-refractivity contribution < 1.29 is 8.42 Å². The molecule has 0 aromatic rings. The molecule has 0 aromatic carbocycles. The molecule has 0 radical (unpaired) electrons. The van der Waals surface area contributed by atoms with Crippen molar-refractivity contribution in [3.8, 4) is 0 Å². The van der Waals surface area contributed by atoms with Crippen molar-refractivity contribution in [1.29, 1.82) is 0 Å². The second kappa shape index (κ2) is 2.77. The standard InChI is InChI=1S/C3H7N3O2S2/c4-10(7,8)6-3-5-1-2-9-3/h1-2H2,(H,5,6)(H2,4,7,8). The minimum atomic E-state index is -3.70. The molecule has 58 valence electrons. The summed E-state index contributed by atoms with van der Waals surface area (Å²) in [5, 5.41) is 7.80. The smallest absolute Gasteiger partial charge is 0.319 e. The molecule has 0 saturated carbocycles. The van der Waals surface area contributed by atoms with Gasteiger partial charge in [0.25, 0.3) is 0 Å². The van der Waals surface area contributed by atoms with Gasteiger partial charge in [-0.1, -0.05) is 11.8 Å². The van der Waals surface area contributed by atoms with Gasteiger partial charge in [0.2, 0.25) is 0 Å². The fraction of sp³-hybridized carbons (Fsp3) is 0.667. The third-order valence-electron chi connectivity index (χ3n) is 0.827. The van der Waals surface area contributed by atoms with Crippen LogP contribution in [0.15, 0.2) is 4.40 Å². The van der Waals surface area contributed by atoms with Crippen LogP contribution in [0, 0.1) is 0 Å². The quantitative estimate of drug-likeness (QED) is 0.537. The van der Waals surface area contributed by atoms with Crippen molar-refractivity contribution in [3.05, 3.63) is 0 Å². The molecule has 5 nitrogen and oxygen atoms in total. The van der Waals surface area contributed by atoms with E-state index in [1.807, 2.05) is 0 Å². The lowest BCUT2D eigenvalue weighted by Crippen LogP contribution is -2.18. The van der Waals surface area contributed by atoms with Crippen molar-refractivity contribution in [1.82, 2.24) is 5.32 Å². The molecule has 1 heterocycles. The molecule has 1 rings (SSSR count). The highest BCUT2D eigenvalue weighted by Crippen LogP contribution is 2.07. The average Bonchev–Trinajstić information content (AvgIpc) is 2.12. The monoisotopic (exact) mass is 181 g/mol. The van der Waals surface area contributed by atoms with Gasteiger partial charge >= 0.3 is 10.2 Å². The van der Waals surface area contributed by atoms with E-state index in [0.29, 0.717) is 5.17 Å². The molecule has 1 aliphatic rings. The van der Waals surface area contributed by atoms with Crippen molar-refractivity contribution in [2.75, 3.05) is 12.3 Å². The van der Waals surface area contributed by atoms with Gasteiger partial charge in [0, 0.05) is 12.3 Å². The third-order valence-corrected chi connectivity index (χ3v) is 2.30. The highest BCUT2D eigenvalue weighted by molar-refractivity contribution is 8.14. The molecule has 0 spiro atoms. The van der Waals surface area contributed by atoms with Crippen LogP contribution in [0.5, 0.6) is 0 Å². The Balaban J connectivity index is 2.72. The van der Waals surface area contributed by atoms with Crippen molar-refractivity contribution in [2.24, 2.45) is 9.54 Å². The molecule has 1 fully saturated rings. The number of nitrogens with one attached hydrogen (secondary N) is 1. The molecule has 10 heavy (non-hydrogen) atoms. The summed E-state index contributed by atoms with van der Waals surface area (Å²) in [7, 11) is -3.70. The van der Waals surface area contributed by atoms with Crippen molar-refractivity contribution in [3.63, 3.8) is 0 Å². The van der Waals surface area contributed by atoms with Crippen LogP contribution < -0.4 is 10.5 Å². The minimum Gasteiger partial charge on any atom is -0.363 e. The Labute approximate surface area is 63.3 Å². The van der Waals surface area contributed by atoms with Crippen LogP contribution in [0.25, 0.3) is 0 Å². The molecule has 3 N–H and O–H groups in total. The van der Waals surface area contributed by atoms with Gasteiger partial charge in [-0.3, -0.25) is 0 Å². The van der Waals surface area contributed by atoms with E-state index in [2.05, 4.69) is 14.9 Å². The molecular formula is C3H7N3O2S2. The minimum absolute atomic E-state index is 0.391. The Kier molecular flexibility index (Phi) is 2.17. The van der Waals surface area contributed by atoms with E-state index in [-0.39, 0.29) is 0 Å². The zero-order valence-electron chi connectivity index (χ0n) is 5.07. The summed E-state index contributed by atoms with van der Waals surface area (Å²) >= 11 is 1.35. The first kappa shape index (κ1) is 7.83. The third kappa shape index (κ3) is 2.54. The first-order chi connectivity index (χ1) is 4.58. The van der Waals surface area contributed by atoms with E-state index < -0.39 is 10.2 Å². The number of rotatable bonds is 1. The van der Waals surface area contributed by atoms with Gasteiger partial charge in [-0.2, -0.15) is 8.42 Å². The fourth-order valence-corrected chi connectivity index (χ4v) is 1.95. The maximum absolute atomic E-state index is 10.3. The molecule has 0 unspecified atom stereocenters. The molecule has 0 amide bonds. The molecule has 0 atom stereocenters. The molecule has 0 aliphatic carbocycles. The second-order valence-electron chi connectivity index (χ2n) is 1.69. The lowest BCUT2D eigenvalue weighted by atomic mass is 10.8. The van der Waals surface area contributed by atoms with E-state index in [4.69, 9.17) is 0 Å². The topological polar surface area (TPSA) is 84.6 Å². The summed E-state index contributed by atoms with van der Waals surface area (Å²) in [6.07, 6.45) is 0. The molecular weight excluding hydrogens is 174 g/mol. The maximum Gasteiger partial charge on any atom is 0.319 e. The van der Waals surface area contributed by atoms with Crippen LogP contribution in [-0.2, 0) is 10.2 Å². The van der Waals surface area contributed by atoms with Gasteiger partial charge in [0.15, 0.2) is 5.17 Å². The predicted octanol–water partition coefficient (Wildman–Crippen LogP) is -1.12. The van der Waals surface area contributed by atoms with E-state index in [1.165, 1.54) is 11.8 Å². The zero-order chi connectivity index (χ0) is 7.61. The Hall–Kier alpha value is -0.270. The first-order valence-electron chi connectivity index (χ1n) is 2.57. The predicted molar refractivity (Wildman–Crippen MR) is 41.0 cm³/mol. The Morgan fingerprint density at radius 1 is 1.70 bits per heavy atom. The molecule has 1 saturated heterocycles. The first-order valence-corrected chi connectivity index (χ1v) is 5.06. The number of nitrogens with two attached hydrogens (primary N) is 1. The number of nitrogens with zero attached hydrogens (tertiary/aromatic N) is 1. The van der Waals surface area contributed by atoms with Crippen LogP contribution in [-0.4, -0.2) is 25.9 Å². The summed E-state index contributed by atoms with van der Waals surface area (Å²) in [4.78, 5) is 0. The number of hydrogen-bond acceptors (Lipinski definition) is 3. The van der Waals surface area contributed by atoms with E-state index in [0.717, 1.165) is 12.3 Å². The van der Waals surface area contributed by atoms with E-state index >= 15 is 0 Å². The molecule has 0 aromatic heterocycles. The summed E-state index contributed by atoms with van der Waals surface area (Å²) in [6.45, 7) is 0.749. The van der Waals surface area contributed by atoms with Crippen molar-refractivity contribution >= 4 is 27.1 Å². The maximum atomic E-state index is 10.3. The average molecular weight is 181 g/mol. The lowest BCUT2D eigenvalue weighted by Gasteiger charge is -1.92. The lowest BCUT2D eigenvalue weighted by molar-refractivity contribution is 0.599. The molecule has 1 aliphatic heterocycles. The highest BCUT2D eigenvalue weighted by atomic mass is 32.2. The Morgan fingerprint density at radius 3 is 2.80 bits per heavy atom. The Bertz CT molecular complexity index is 236. The van der Waals surface area contributed by atoms with E-state index in [1.54, 1.807) is 0 Å². The second-order valence-corrected chi connectivity index (χ2v) is 3.98. The summed E-state index contributed by atoms with van der Waals surface area (Å²) < 4.78 is 23.9. The van der Waals surface area contributed by atoms with Crippen LogP contribution >= 0.6 is 11.8 Å². The summed E-state index contributed by atoms with van der Waals surface area (Å²) in [5.41, 5.74) is 0. The fourth-order valence-electron chi connectivity index (χ4n) is 0.531. The SMILES string of the molecule is NS(=O)(=O)N=C1NCCS1. The molecule has 7 heteroatoms. The van der Waals surface area contributed by atoms with Gasteiger partial charge < -0.3 is 5.32 Å². The van der Waals surface area contributed by atoms with Crippen LogP contribution in [0.1, 0.15) is 0 Å². The highest BCUT2D eigenvalue weighted by Gasteiger charge is 2.10. The summed E-state index contributed by atoms with van der Waals surface area (Å²) in [6, 6.07) is 0. The van der Waals surface area contributed by atoms with Gasteiger partial charge in [0.1, 0.15) is 0 Å². The Morgan fingerprint density at radius 2 is 2.40 bits per heavy atom. The van der Waals surface area contributed by atoms with Gasteiger partial charge in [-0.05, 0) is 0 Å². The number of amidine groups is 1. The van der Waals surface area contributed by atoms with Gasteiger partial charge in [-0.25, -0.2) is 5.14 Å². The summed E-state index contributed by atoms with van der Waals surface area (Å²) in [5.74, 6) is 0.842. The van der Waals surface area contributed by atoms with E-state index in [9.17, 15) is 8.42 Å². The normalized spacial score (nSPS) is 23.1. The van der Waals surface area contributed by atoms with Crippen LogP contribution in [0.2, 0.25) is 0 Å². The van der Waals surface area contributed by atoms with Gasteiger partial charge in [-0.15, -0.1) is 4.40 Å². The largest absolute Gasteiger partial charge is 0.363 e. The number of hydrogen-bond donors (Lipinski definition) is 2.